The maximum atomic E-state index is 11.2. The molecule has 0 aromatic heterocycles. The molecule has 0 bridgehead atoms. The molecule has 1 saturated heterocycles. The van der Waals surface area contributed by atoms with Gasteiger partial charge in [-0.25, -0.2) is 0 Å². The minimum Gasteiger partial charge on any atom is -0.465 e. The highest BCUT2D eigenvalue weighted by Gasteiger charge is 2.18. The largest absolute Gasteiger partial charge is 0.465 e. The van der Waals surface area contributed by atoms with E-state index in [-0.39, 0.29) is 5.97 Å². The van der Waals surface area contributed by atoms with E-state index in [1.165, 1.54) is 0 Å². The molecule has 1 heterocycles. The number of rotatable bonds is 4. The normalized spacial score (nSPS) is 18.2. The van der Waals surface area contributed by atoms with Crippen molar-refractivity contribution in [3.8, 4) is 0 Å². The zero-order valence-electron chi connectivity index (χ0n) is 8.62. The number of ketones is 1. The van der Waals surface area contributed by atoms with Crippen LogP contribution < -0.4 is 0 Å². The van der Waals surface area contributed by atoms with Crippen LogP contribution in [0, 0.1) is 0 Å². The molecule has 0 atom stereocenters. The van der Waals surface area contributed by atoms with Crippen molar-refractivity contribution in [1.82, 2.24) is 4.90 Å². The lowest BCUT2D eigenvalue weighted by Crippen LogP contribution is -2.38. The van der Waals surface area contributed by atoms with E-state index in [4.69, 9.17) is 4.74 Å². The van der Waals surface area contributed by atoms with Crippen LogP contribution in [0.5, 0.6) is 0 Å². The fraction of sp³-hybridized carbons (Fsp3) is 0.800. The molecule has 1 aliphatic rings. The summed E-state index contributed by atoms with van der Waals surface area (Å²) in [5, 5.41) is 0. The quantitative estimate of drug-likeness (QED) is 0.622. The lowest BCUT2D eigenvalue weighted by Gasteiger charge is -2.24. The first kappa shape index (κ1) is 11.2. The Labute approximate surface area is 84.2 Å². The molecule has 0 aliphatic carbocycles. The molecule has 4 nitrogen and oxygen atoms in total. The van der Waals surface area contributed by atoms with E-state index in [0.29, 0.717) is 44.9 Å². The Morgan fingerprint density at radius 1 is 1.43 bits per heavy atom. The fourth-order valence-corrected chi connectivity index (χ4v) is 1.40. The lowest BCUT2D eigenvalue weighted by molar-refractivity contribution is -0.145. The molecule has 1 rings (SSSR count). The zero-order valence-corrected chi connectivity index (χ0v) is 8.62. The van der Waals surface area contributed by atoms with Crippen molar-refractivity contribution in [2.24, 2.45) is 0 Å². The van der Waals surface area contributed by atoms with Crippen LogP contribution in [0.3, 0.4) is 0 Å². The van der Waals surface area contributed by atoms with Crippen molar-refractivity contribution in [2.45, 2.75) is 26.2 Å². The monoisotopic (exact) mass is 199 g/mol. The van der Waals surface area contributed by atoms with Gasteiger partial charge in [-0.1, -0.05) is 6.92 Å². The van der Waals surface area contributed by atoms with Crippen LogP contribution in [0.2, 0.25) is 0 Å². The van der Waals surface area contributed by atoms with E-state index in [2.05, 4.69) is 0 Å². The third-order valence-corrected chi connectivity index (χ3v) is 2.23. The number of hydrogen-bond donors (Lipinski definition) is 0. The Kier molecular flexibility index (Phi) is 4.59. The van der Waals surface area contributed by atoms with Gasteiger partial charge in [0.05, 0.1) is 13.2 Å². The number of esters is 1. The standard InChI is InChI=1S/C10H17NO3/c1-2-7-14-10(13)8-11-5-3-9(12)4-6-11/h2-8H2,1H3. The Hall–Kier alpha value is -0.900. The van der Waals surface area contributed by atoms with Crippen molar-refractivity contribution in [1.29, 1.82) is 0 Å². The van der Waals surface area contributed by atoms with Crippen molar-refractivity contribution in [3.63, 3.8) is 0 Å². The number of ether oxygens (including phenoxy) is 1. The van der Waals surface area contributed by atoms with Gasteiger partial charge in [0.15, 0.2) is 0 Å². The van der Waals surface area contributed by atoms with Gasteiger partial charge in [-0.3, -0.25) is 14.5 Å². The van der Waals surface area contributed by atoms with E-state index < -0.39 is 0 Å². The number of hydrogen-bond acceptors (Lipinski definition) is 4. The summed E-state index contributed by atoms with van der Waals surface area (Å²) in [7, 11) is 0. The molecule has 14 heavy (non-hydrogen) atoms. The van der Waals surface area contributed by atoms with Crippen molar-refractivity contribution in [2.75, 3.05) is 26.2 Å². The van der Waals surface area contributed by atoms with Gasteiger partial charge in [-0.05, 0) is 6.42 Å². The van der Waals surface area contributed by atoms with Gasteiger partial charge in [0.25, 0.3) is 0 Å². The molecular weight excluding hydrogens is 182 g/mol. The molecular formula is C10H17NO3. The Morgan fingerprint density at radius 3 is 2.64 bits per heavy atom. The number of likely N-dealkylation sites (tertiary alicyclic amines) is 1. The first-order chi connectivity index (χ1) is 6.72. The van der Waals surface area contributed by atoms with Gasteiger partial charge in [0, 0.05) is 25.9 Å². The molecule has 0 unspecified atom stereocenters. The second-order valence-electron chi connectivity index (χ2n) is 3.54. The van der Waals surface area contributed by atoms with E-state index in [9.17, 15) is 9.59 Å². The zero-order chi connectivity index (χ0) is 10.4. The van der Waals surface area contributed by atoms with Crippen LogP contribution in [0.15, 0.2) is 0 Å². The van der Waals surface area contributed by atoms with Gasteiger partial charge in [0.2, 0.25) is 0 Å². The predicted molar refractivity (Wildman–Crippen MR) is 51.9 cm³/mol. The molecule has 4 heteroatoms. The van der Waals surface area contributed by atoms with Gasteiger partial charge < -0.3 is 4.74 Å². The molecule has 0 radical (unpaired) electrons. The third kappa shape index (κ3) is 3.87. The topological polar surface area (TPSA) is 46.6 Å². The Bertz CT molecular complexity index is 205. The summed E-state index contributed by atoms with van der Waals surface area (Å²) in [6.45, 7) is 4.17. The summed E-state index contributed by atoms with van der Waals surface area (Å²) in [6.07, 6.45) is 1.99. The second-order valence-corrected chi connectivity index (χ2v) is 3.54. The maximum absolute atomic E-state index is 11.2. The highest BCUT2D eigenvalue weighted by Crippen LogP contribution is 2.05. The number of piperidine rings is 1. The summed E-state index contributed by atoms with van der Waals surface area (Å²) in [4.78, 5) is 24.1. The van der Waals surface area contributed by atoms with Crippen LogP contribution in [0.4, 0.5) is 0 Å². The minimum absolute atomic E-state index is 0.179. The minimum atomic E-state index is -0.179. The molecule has 0 aromatic rings. The van der Waals surface area contributed by atoms with Crippen LogP contribution in [0.25, 0.3) is 0 Å². The van der Waals surface area contributed by atoms with Gasteiger partial charge in [-0.2, -0.15) is 0 Å². The lowest BCUT2D eigenvalue weighted by atomic mass is 10.1. The third-order valence-electron chi connectivity index (χ3n) is 2.23. The first-order valence-electron chi connectivity index (χ1n) is 5.12. The molecule has 0 spiro atoms. The number of nitrogens with zero attached hydrogens (tertiary/aromatic N) is 1. The van der Waals surface area contributed by atoms with Crippen LogP contribution >= 0.6 is 0 Å². The number of carbonyl (C=O) groups is 2. The SMILES string of the molecule is CCCOC(=O)CN1CCC(=O)CC1. The summed E-state index contributed by atoms with van der Waals surface area (Å²) < 4.78 is 4.96. The highest BCUT2D eigenvalue weighted by atomic mass is 16.5. The van der Waals surface area contributed by atoms with Crippen molar-refractivity contribution >= 4 is 11.8 Å². The molecule has 0 N–H and O–H groups in total. The predicted octanol–water partition coefficient (Wildman–Crippen LogP) is 0.605. The summed E-state index contributed by atoms with van der Waals surface area (Å²) in [5.41, 5.74) is 0. The summed E-state index contributed by atoms with van der Waals surface area (Å²) in [6, 6.07) is 0. The molecule has 80 valence electrons. The Balaban J connectivity index is 2.17. The average molecular weight is 199 g/mol. The smallest absolute Gasteiger partial charge is 0.320 e. The molecule has 0 amide bonds. The molecule has 0 aromatic carbocycles. The van der Waals surface area contributed by atoms with E-state index >= 15 is 0 Å². The van der Waals surface area contributed by atoms with Gasteiger partial charge in [-0.15, -0.1) is 0 Å². The maximum Gasteiger partial charge on any atom is 0.320 e. The van der Waals surface area contributed by atoms with Gasteiger partial charge >= 0.3 is 5.97 Å². The molecule has 1 fully saturated rings. The molecule has 1 aliphatic heterocycles. The first-order valence-corrected chi connectivity index (χ1v) is 5.12. The van der Waals surface area contributed by atoms with E-state index in [0.717, 1.165) is 6.42 Å². The number of carbonyl (C=O) groups excluding carboxylic acids is 2. The van der Waals surface area contributed by atoms with Gasteiger partial charge in [0.1, 0.15) is 5.78 Å². The average Bonchev–Trinajstić information content (AvgIpc) is 2.18. The Morgan fingerprint density at radius 2 is 2.07 bits per heavy atom. The van der Waals surface area contributed by atoms with Crippen molar-refractivity contribution < 1.29 is 14.3 Å². The van der Waals surface area contributed by atoms with E-state index in [1.54, 1.807) is 0 Å². The second kappa shape index (κ2) is 5.75. The fourth-order valence-electron chi connectivity index (χ4n) is 1.40. The summed E-state index contributed by atoms with van der Waals surface area (Å²) in [5.74, 6) is 0.115. The van der Waals surface area contributed by atoms with E-state index in [1.807, 2.05) is 11.8 Å². The summed E-state index contributed by atoms with van der Waals surface area (Å²) >= 11 is 0. The van der Waals surface area contributed by atoms with Crippen molar-refractivity contribution in [3.05, 3.63) is 0 Å². The van der Waals surface area contributed by atoms with Crippen LogP contribution in [-0.4, -0.2) is 42.9 Å². The highest BCUT2D eigenvalue weighted by molar-refractivity contribution is 5.80. The van der Waals surface area contributed by atoms with Crippen LogP contribution in [0.1, 0.15) is 26.2 Å². The number of Topliss-reactive ketones (excluding diaryl/α,β-unsaturated/α-hetero) is 1. The molecule has 0 saturated carbocycles. The van der Waals surface area contributed by atoms with Crippen LogP contribution in [-0.2, 0) is 14.3 Å².